The van der Waals surface area contributed by atoms with Crippen molar-refractivity contribution in [3.8, 4) is 0 Å². The van der Waals surface area contributed by atoms with E-state index >= 15 is 0 Å². The predicted octanol–water partition coefficient (Wildman–Crippen LogP) is 3.09. The fourth-order valence-electron chi connectivity index (χ4n) is 6.57. The van der Waals surface area contributed by atoms with Crippen molar-refractivity contribution >= 4 is 40.2 Å². The number of amides is 2. The van der Waals surface area contributed by atoms with E-state index in [0.29, 0.717) is 28.1 Å². The molecule has 2 atom stereocenters. The average Bonchev–Trinajstić information content (AvgIpc) is 3.60. The lowest BCUT2D eigenvalue weighted by atomic mass is 9.66. The van der Waals surface area contributed by atoms with Crippen molar-refractivity contribution in [1.29, 1.82) is 0 Å². The number of aryl methyl sites for hydroxylation is 1. The quantitative estimate of drug-likeness (QED) is 0.293. The molecule has 3 aliphatic carbocycles. The number of rotatable bonds is 7. The zero-order valence-electron chi connectivity index (χ0n) is 27.5. The number of nitrogens with zero attached hydrogens (tertiary/aromatic N) is 6. The summed E-state index contributed by atoms with van der Waals surface area (Å²) < 4.78 is 55.2. The molecule has 7 rings (SSSR count). The summed E-state index contributed by atoms with van der Waals surface area (Å²) in [6, 6.07) is 3.06. The van der Waals surface area contributed by atoms with Crippen LogP contribution in [0.15, 0.2) is 29.2 Å². The number of ether oxygens (including phenoxy) is 1. The van der Waals surface area contributed by atoms with Gasteiger partial charge in [-0.1, -0.05) is 6.42 Å². The molecule has 0 unspecified atom stereocenters. The Bertz CT molecular complexity index is 1980. The summed E-state index contributed by atoms with van der Waals surface area (Å²) in [4.78, 5) is 47.3. The summed E-state index contributed by atoms with van der Waals surface area (Å²) in [6.07, 6.45) is 2.73. The number of nitrogens with one attached hydrogen (secondary N) is 2. The number of alkyl carbamates (subject to hydrolysis) is 1. The van der Waals surface area contributed by atoms with Crippen molar-refractivity contribution in [3.63, 3.8) is 0 Å². The van der Waals surface area contributed by atoms with Crippen LogP contribution in [0.4, 0.5) is 20.8 Å². The van der Waals surface area contributed by atoms with Crippen molar-refractivity contribution in [2.45, 2.75) is 80.9 Å². The van der Waals surface area contributed by atoms with Gasteiger partial charge in [0.1, 0.15) is 23.2 Å². The lowest BCUT2D eigenvalue weighted by Crippen LogP contribution is -2.53. The number of hydrogen-bond donors (Lipinski definition) is 3. The lowest BCUT2D eigenvalue weighted by Gasteiger charge is -2.39. The van der Waals surface area contributed by atoms with Gasteiger partial charge in [0.2, 0.25) is 5.91 Å². The van der Waals surface area contributed by atoms with Crippen LogP contribution in [0.2, 0.25) is 0 Å². The number of pyridine rings is 1. The van der Waals surface area contributed by atoms with E-state index in [1.165, 1.54) is 23.9 Å². The molecule has 43 heavy (non-hydrogen) atoms. The number of carbonyl (C=O) groups excluding carboxylic acids is 2. The van der Waals surface area contributed by atoms with Crippen LogP contribution >= 0.6 is 0 Å². The van der Waals surface area contributed by atoms with Crippen LogP contribution in [0.25, 0.3) is 16.6 Å². The van der Waals surface area contributed by atoms with E-state index in [-0.39, 0.29) is 48.5 Å². The molecule has 4 N–H and O–H groups in total. The maximum atomic E-state index is 14.2. The predicted molar refractivity (Wildman–Crippen MR) is 155 cm³/mol. The minimum atomic E-state index is -2.81. The van der Waals surface area contributed by atoms with Gasteiger partial charge in [0.25, 0.3) is 0 Å². The fraction of sp³-hybridized carbons (Fsp3) is 0.517. The highest BCUT2D eigenvalue weighted by atomic mass is 19.1. The monoisotopic (exact) mass is 595 g/mol. The standard InChI is InChI=1S/C29H34FN9O4/c1-37-21-14-32-23(11-20(21)38(28(37)42)18-7-6-17(10-18)33-27(41)43-2)34-22-9-8-19-24(15-4-3-5-15)35-26(39(19)36-22)29(25(31)40)12-16(30)13-29/h8-9,11,14-18H,3-7,10,12-13H2,1-2H3,(H2,31,40)(H,33,41)(H,32,34,36)/t16?,17-,18-,29?/m1/s1/i1D3,17D. The number of fused-ring (bicyclic) bond motifs is 2. The maximum absolute atomic E-state index is 14.2. The summed E-state index contributed by atoms with van der Waals surface area (Å²) in [5.41, 5.74) is 5.57. The van der Waals surface area contributed by atoms with E-state index in [1.54, 1.807) is 10.6 Å². The zero-order valence-corrected chi connectivity index (χ0v) is 23.5. The highest BCUT2D eigenvalue weighted by molar-refractivity contribution is 5.87. The van der Waals surface area contributed by atoms with Crippen LogP contribution in [-0.2, 0) is 21.9 Å². The van der Waals surface area contributed by atoms with E-state index in [2.05, 4.69) is 20.4 Å². The molecule has 4 heterocycles. The third kappa shape index (κ3) is 4.33. The van der Waals surface area contributed by atoms with E-state index < -0.39 is 48.3 Å². The summed E-state index contributed by atoms with van der Waals surface area (Å²) >= 11 is 0. The first-order valence-electron chi connectivity index (χ1n) is 16.3. The molecular weight excluding hydrogens is 557 g/mol. The molecule has 0 aromatic carbocycles. The van der Waals surface area contributed by atoms with E-state index in [4.69, 9.17) is 21.3 Å². The minimum Gasteiger partial charge on any atom is -0.453 e. The fourth-order valence-corrected chi connectivity index (χ4v) is 6.57. The molecule has 4 aromatic heterocycles. The van der Waals surface area contributed by atoms with E-state index in [0.717, 1.165) is 25.0 Å². The molecule has 2 amide bonds. The molecule has 3 saturated carbocycles. The Kier molecular flexibility index (Phi) is 5.39. The number of primary amides is 1. The number of imidazole rings is 2. The van der Waals surface area contributed by atoms with Gasteiger partial charge in [-0.2, -0.15) is 0 Å². The summed E-state index contributed by atoms with van der Waals surface area (Å²) in [5.74, 6) is 0.382. The van der Waals surface area contributed by atoms with Gasteiger partial charge in [-0.15, -0.1) is 5.10 Å². The number of alkyl halides is 1. The van der Waals surface area contributed by atoms with Gasteiger partial charge < -0.3 is 21.1 Å². The number of carbonyl (C=O) groups is 2. The number of halogens is 1. The van der Waals surface area contributed by atoms with Crippen molar-refractivity contribution in [1.82, 2.24) is 34.0 Å². The second-order valence-electron chi connectivity index (χ2n) is 11.7. The first-order chi connectivity index (χ1) is 22.2. The maximum Gasteiger partial charge on any atom is 0.407 e. The smallest absolute Gasteiger partial charge is 0.407 e. The largest absolute Gasteiger partial charge is 0.453 e. The van der Waals surface area contributed by atoms with E-state index in [1.807, 2.05) is 6.07 Å². The summed E-state index contributed by atoms with van der Waals surface area (Å²) in [6.45, 7) is -2.81. The Hall–Kier alpha value is -4.49. The Morgan fingerprint density at radius 2 is 2.00 bits per heavy atom. The molecule has 0 radical (unpaired) electrons. The van der Waals surface area contributed by atoms with Crippen LogP contribution < -0.4 is 22.1 Å². The molecule has 0 aliphatic heterocycles. The van der Waals surface area contributed by atoms with Crippen molar-refractivity contribution in [2.24, 2.45) is 12.7 Å². The third-order valence-electron chi connectivity index (χ3n) is 9.16. The van der Waals surface area contributed by atoms with Gasteiger partial charge in [-0.3, -0.25) is 13.9 Å². The van der Waals surface area contributed by atoms with Crippen molar-refractivity contribution < 1.29 is 24.2 Å². The molecule has 0 saturated heterocycles. The molecular formula is C29H34FN9O4. The average molecular weight is 596 g/mol. The first kappa shape index (κ1) is 23.0. The van der Waals surface area contributed by atoms with Crippen LogP contribution in [0.1, 0.15) is 80.3 Å². The van der Waals surface area contributed by atoms with Gasteiger partial charge in [0, 0.05) is 48.0 Å². The van der Waals surface area contributed by atoms with Crippen LogP contribution in [-0.4, -0.2) is 60.0 Å². The van der Waals surface area contributed by atoms with Crippen molar-refractivity contribution in [2.75, 3.05) is 12.4 Å². The van der Waals surface area contributed by atoms with Crippen LogP contribution in [0.3, 0.4) is 0 Å². The zero-order chi connectivity index (χ0) is 33.5. The number of anilines is 2. The number of methoxy groups -OCH3 is 1. The Balaban J connectivity index is 1.28. The SMILES string of the molecule is [2H]C([2H])([2H])n1c(=O)n([C@@H]2CC[C@@]([2H])(NC(=O)OC)C2)c2cc(Nc3ccc4c(C5CCC5)nc(C5(C(N)=O)CC(F)C5)n4n3)ncc21. The second kappa shape index (κ2) is 10.1. The van der Waals surface area contributed by atoms with Crippen LogP contribution in [0, 0.1) is 0 Å². The number of hydrogen-bond acceptors (Lipinski definition) is 8. The highest BCUT2D eigenvalue weighted by Gasteiger charge is 2.54. The normalized spacial score (nSPS) is 28.8. The molecule has 3 fully saturated rings. The second-order valence-corrected chi connectivity index (χ2v) is 11.7. The number of nitrogens with two attached hydrogens (primary N) is 1. The molecule has 3 aliphatic rings. The summed E-state index contributed by atoms with van der Waals surface area (Å²) in [7, 11) is 1.19. The lowest BCUT2D eigenvalue weighted by molar-refractivity contribution is -0.129. The van der Waals surface area contributed by atoms with Crippen LogP contribution in [0.5, 0.6) is 0 Å². The third-order valence-corrected chi connectivity index (χ3v) is 9.16. The van der Waals surface area contributed by atoms with Gasteiger partial charge in [-0.25, -0.2) is 28.5 Å². The molecule has 226 valence electrons. The summed E-state index contributed by atoms with van der Waals surface area (Å²) in [5, 5.41) is 10.3. The molecule has 0 bridgehead atoms. The van der Waals surface area contributed by atoms with Gasteiger partial charge in [0.15, 0.2) is 5.82 Å². The Morgan fingerprint density at radius 1 is 1.19 bits per heavy atom. The minimum absolute atomic E-state index is 0.0412. The van der Waals surface area contributed by atoms with Gasteiger partial charge in [-0.05, 0) is 44.2 Å². The Morgan fingerprint density at radius 3 is 2.67 bits per heavy atom. The molecule has 4 aromatic rings. The van der Waals surface area contributed by atoms with Crippen molar-refractivity contribution in [3.05, 3.63) is 46.4 Å². The Labute approximate surface area is 251 Å². The van der Waals surface area contributed by atoms with E-state index in [9.17, 15) is 18.8 Å². The first-order valence-corrected chi connectivity index (χ1v) is 14.3. The number of aromatic nitrogens is 6. The van der Waals surface area contributed by atoms with Gasteiger partial charge >= 0.3 is 11.8 Å². The van der Waals surface area contributed by atoms with Gasteiger partial charge in [0.05, 0.1) is 36.9 Å². The molecule has 0 spiro atoms. The molecule has 13 nitrogen and oxygen atoms in total. The topological polar surface area (TPSA) is 163 Å². The highest BCUT2D eigenvalue weighted by Crippen LogP contribution is 2.47. The molecule has 14 heteroatoms.